The van der Waals surface area contributed by atoms with Crippen LogP contribution in [-0.2, 0) is 16.8 Å². The largest absolute Gasteiger partial charge is 0.168 e. The Balaban J connectivity index is 0.000000980. The Morgan fingerprint density at radius 3 is 2.43 bits per heavy atom. The van der Waals surface area contributed by atoms with Gasteiger partial charge in [-0.15, -0.1) is 29.7 Å². The van der Waals surface area contributed by atoms with Crippen LogP contribution >= 0.6 is 0 Å². The van der Waals surface area contributed by atoms with Crippen molar-refractivity contribution in [2.45, 2.75) is 19.6 Å². The molecule has 0 saturated carbocycles. The molecule has 2 heteroatoms. The number of fused-ring (bicyclic) bond motifs is 1. The Morgan fingerprint density at radius 2 is 1.79 bits per heavy atom. The summed E-state index contributed by atoms with van der Waals surface area (Å²) < 4.78 is 0. The van der Waals surface area contributed by atoms with Crippen molar-refractivity contribution in [3.63, 3.8) is 0 Å². The maximum absolute atomic E-state index is 2.39. The summed E-state index contributed by atoms with van der Waals surface area (Å²) in [5.41, 5.74) is 0. The van der Waals surface area contributed by atoms with E-state index in [-0.39, 0.29) is 16.8 Å². The third kappa shape index (κ3) is 2.13. The van der Waals surface area contributed by atoms with E-state index in [1.165, 1.54) is 10.8 Å². The molecular formula is C12H15CoSi-. The van der Waals surface area contributed by atoms with Gasteiger partial charge in [-0.3, -0.25) is 0 Å². The molecule has 0 N–H and O–H groups in total. The van der Waals surface area contributed by atoms with Crippen LogP contribution in [0.1, 0.15) is 0 Å². The molecule has 0 aromatic heterocycles. The molecule has 0 fully saturated rings. The minimum atomic E-state index is -1.12. The van der Waals surface area contributed by atoms with Crippen LogP contribution in [0.3, 0.4) is 0 Å². The Labute approximate surface area is 96.9 Å². The first kappa shape index (κ1) is 11.6. The minimum Gasteiger partial charge on any atom is -0.168 e. The monoisotopic (exact) mass is 246 g/mol. The van der Waals surface area contributed by atoms with E-state index >= 15 is 0 Å². The Hall–Kier alpha value is -0.447. The van der Waals surface area contributed by atoms with Gasteiger partial charge in [0.05, 0.1) is 8.07 Å². The van der Waals surface area contributed by atoms with E-state index in [2.05, 4.69) is 56.0 Å². The zero-order valence-corrected chi connectivity index (χ0v) is 10.8. The summed E-state index contributed by atoms with van der Waals surface area (Å²) in [5.74, 6) is 0. The van der Waals surface area contributed by atoms with Gasteiger partial charge >= 0.3 is 0 Å². The van der Waals surface area contributed by atoms with Crippen LogP contribution in [0, 0.1) is 0 Å². The van der Waals surface area contributed by atoms with Gasteiger partial charge in [-0.2, -0.15) is 17.5 Å². The predicted molar refractivity (Wildman–Crippen MR) is 62.5 cm³/mol. The van der Waals surface area contributed by atoms with Gasteiger partial charge in [-0.05, 0) is 0 Å². The molecule has 2 aromatic rings. The van der Waals surface area contributed by atoms with E-state index in [0.717, 1.165) is 0 Å². The SMILES string of the molecule is C[Si](C)(C)c1ccc2[cH-]ccc2c1.[Co]. The van der Waals surface area contributed by atoms with E-state index in [1.54, 1.807) is 5.19 Å². The summed E-state index contributed by atoms with van der Waals surface area (Å²) in [6, 6.07) is 13.4. The van der Waals surface area contributed by atoms with Crippen molar-refractivity contribution in [3.05, 3.63) is 36.4 Å². The molecule has 77 valence electrons. The molecule has 0 unspecified atom stereocenters. The van der Waals surface area contributed by atoms with Crippen LogP contribution in [0.2, 0.25) is 19.6 Å². The molecule has 1 radical (unpaired) electrons. The Morgan fingerprint density at radius 1 is 1.07 bits per heavy atom. The molecule has 0 spiro atoms. The first-order valence-electron chi connectivity index (χ1n) is 4.73. The maximum atomic E-state index is 2.39. The van der Waals surface area contributed by atoms with Gasteiger partial charge in [0.1, 0.15) is 0 Å². The smallest absolute Gasteiger partial charge is 0.0754 e. The van der Waals surface area contributed by atoms with Gasteiger partial charge in [0.25, 0.3) is 0 Å². The van der Waals surface area contributed by atoms with Crippen LogP contribution in [0.4, 0.5) is 0 Å². The van der Waals surface area contributed by atoms with Gasteiger partial charge in [0.2, 0.25) is 0 Å². The van der Waals surface area contributed by atoms with E-state index in [1.807, 2.05) is 0 Å². The van der Waals surface area contributed by atoms with E-state index in [9.17, 15) is 0 Å². The molecule has 0 heterocycles. The fraction of sp³-hybridized carbons (Fsp3) is 0.250. The predicted octanol–water partition coefficient (Wildman–Crippen LogP) is 3.10. The summed E-state index contributed by atoms with van der Waals surface area (Å²) in [7, 11) is -1.12. The molecule has 0 nitrogen and oxygen atoms in total. The summed E-state index contributed by atoms with van der Waals surface area (Å²) in [6.45, 7) is 7.16. The molecule has 0 saturated heterocycles. The van der Waals surface area contributed by atoms with Crippen molar-refractivity contribution in [2.75, 3.05) is 0 Å². The second-order valence-corrected chi connectivity index (χ2v) is 9.70. The van der Waals surface area contributed by atoms with Gasteiger partial charge in [0.15, 0.2) is 0 Å². The summed E-state index contributed by atoms with van der Waals surface area (Å²) >= 11 is 0. The fourth-order valence-corrected chi connectivity index (χ4v) is 2.76. The minimum absolute atomic E-state index is 0. The van der Waals surface area contributed by atoms with Crippen molar-refractivity contribution in [2.24, 2.45) is 0 Å². The average Bonchev–Trinajstić information content (AvgIpc) is 2.47. The molecular weight excluding hydrogens is 231 g/mol. The summed E-state index contributed by atoms with van der Waals surface area (Å²) in [6.07, 6.45) is 0. The topological polar surface area (TPSA) is 0 Å². The van der Waals surface area contributed by atoms with Crippen molar-refractivity contribution in [3.8, 4) is 0 Å². The Bertz CT molecular complexity index is 423. The number of hydrogen-bond acceptors (Lipinski definition) is 0. The van der Waals surface area contributed by atoms with Crippen LogP contribution in [0.15, 0.2) is 36.4 Å². The molecule has 0 aliphatic heterocycles. The average molecular weight is 246 g/mol. The van der Waals surface area contributed by atoms with Gasteiger partial charge in [-0.1, -0.05) is 24.8 Å². The summed E-state index contributed by atoms with van der Waals surface area (Å²) in [5, 5.41) is 4.30. The Kier molecular flexibility index (Phi) is 3.29. The van der Waals surface area contributed by atoms with Crippen LogP contribution in [-0.4, -0.2) is 8.07 Å². The normalized spacial score (nSPS) is 11.4. The maximum Gasteiger partial charge on any atom is 0.0754 e. The third-order valence-corrected chi connectivity index (χ3v) is 4.55. The quantitative estimate of drug-likeness (QED) is 0.536. The van der Waals surface area contributed by atoms with Gasteiger partial charge in [-0.25, -0.2) is 0 Å². The fourth-order valence-electron chi connectivity index (χ4n) is 1.59. The number of benzene rings is 1. The standard InChI is InChI=1S/C12H15Si.Co/c1-13(2,3)12-8-7-10-5-4-6-11(10)9-12;/h4-9H,1-3H3;/q-1;. The van der Waals surface area contributed by atoms with Crippen LogP contribution in [0.5, 0.6) is 0 Å². The zero-order chi connectivity index (χ0) is 9.47. The van der Waals surface area contributed by atoms with Gasteiger partial charge < -0.3 is 0 Å². The first-order valence-corrected chi connectivity index (χ1v) is 8.23. The zero-order valence-electron chi connectivity index (χ0n) is 8.80. The third-order valence-electron chi connectivity index (χ3n) is 2.50. The first-order chi connectivity index (χ1) is 6.07. The molecule has 2 rings (SSSR count). The van der Waals surface area contributed by atoms with E-state index < -0.39 is 8.07 Å². The molecule has 0 amide bonds. The molecule has 14 heavy (non-hydrogen) atoms. The molecule has 0 bridgehead atoms. The van der Waals surface area contributed by atoms with Crippen molar-refractivity contribution < 1.29 is 16.8 Å². The molecule has 2 aromatic carbocycles. The van der Waals surface area contributed by atoms with Crippen molar-refractivity contribution in [1.29, 1.82) is 0 Å². The second kappa shape index (κ2) is 3.97. The van der Waals surface area contributed by atoms with Crippen molar-refractivity contribution in [1.82, 2.24) is 0 Å². The van der Waals surface area contributed by atoms with Crippen molar-refractivity contribution >= 4 is 24.0 Å². The molecule has 0 aliphatic rings. The van der Waals surface area contributed by atoms with E-state index in [4.69, 9.17) is 0 Å². The van der Waals surface area contributed by atoms with Crippen LogP contribution in [0.25, 0.3) is 10.8 Å². The number of rotatable bonds is 1. The van der Waals surface area contributed by atoms with Gasteiger partial charge in [0, 0.05) is 16.8 Å². The molecule has 0 atom stereocenters. The number of hydrogen-bond donors (Lipinski definition) is 0. The van der Waals surface area contributed by atoms with E-state index in [0.29, 0.717) is 0 Å². The summed E-state index contributed by atoms with van der Waals surface area (Å²) in [4.78, 5) is 0. The second-order valence-electron chi connectivity index (χ2n) is 4.62. The molecule has 0 aliphatic carbocycles. The van der Waals surface area contributed by atoms with Crippen LogP contribution < -0.4 is 5.19 Å².